The lowest BCUT2D eigenvalue weighted by atomic mass is 9.93. The minimum Gasteiger partial charge on any atom is -0.496 e. The van der Waals surface area contributed by atoms with Crippen LogP contribution in [0.3, 0.4) is 0 Å². The maximum absolute atomic E-state index is 6.15. The summed E-state index contributed by atoms with van der Waals surface area (Å²) in [5.41, 5.74) is 7.08. The van der Waals surface area contributed by atoms with Crippen LogP contribution in [0.2, 0.25) is 0 Å². The van der Waals surface area contributed by atoms with Gasteiger partial charge in [0.2, 0.25) is 0 Å². The van der Waals surface area contributed by atoms with Crippen LogP contribution >= 0.6 is 0 Å². The highest BCUT2D eigenvalue weighted by Gasteiger charge is 2.18. The number of rotatable bonds is 7. The van der Waals surface area contributed by atoms with Gasteiger partial charge in [0, 0.05) is 17.7 Å². The van der Waals surface area contributed by atoms with E-state index in [0.29, 0.717) is 6.61 Å². The maximum atomic E-state index is 6.15. The molecule has 3 nitrogen and oxygen atoms in total. The van der Waals surface area contributed by atoms with Crippen LogP contribution in [0.4, 0.5) is 0 Å². The summed E-state index contributed by atoms with van der Waals surface area (Å²) in [6, 6.07) is 13.1. The number of aryl methyl sites for hydroxylation is 2. The minimum absolute atomic E-state index is 0.645. The highest BCUT2D eigenvalue weighted by Crippen LogP contribution is 2.37. The third-order valence-electron chi connectivity index (χ3n) is 4.83. The number of ether oxygens (including phenoxy) is 2. The van der Waals surface area contributed by atoms with E-state index in [1.807, 2.05) is 0 Å². The number of benzene rings is 2. The number of methoxy groups -OCH3 is 1. The molecule has 0 atom stereocenters. The van der Waals surface area contributed by atoms with Crippen LogP contribution < -0.4 is 4.74 Å². The molecule has 0 amide bonds. The van der Waals surface area contributed by atoms with Crippen molar-refractivity contribution in [2.75, 3.05) is 34.4 Å². The van der Waals surface area contributed by atoms with Gasteiger partial charge in [-0.3, -0.25) is 0 Å². The van der Waals surface area contributed by atoms with E-state index in [4.69, 9.17) is 9.47 Å². The van der Waals surface area contributed by atoms with E-state index in [-0.39, 0.29) is 0 Å². The molecule has 0 N–H and O–H groups in total. The van der Waals surface area contributed by atoms with Crippen LogP contribution in [-0.4, -0.2) is 39.3 Å². The van der Waals surface area contributed by atoms with Gasteiger partial charge in [-0.15, -0.1) is 0 Å². The summed E-state index contributed by atoms with van der Waals surface area (Å²) in [4.78, 5) is 2.12. The van der Waals surface area contributed by atoms with Crippen LogP contribution in [0.15, 0.2) is 54.3 Å². The molecule has 1 aliphatic rings. The van der Waals surface area contributed by atoms with Crippen molar-refractivity contribution in [3.8, 4) is 16.9 Å². The van der Waals surface area contributed by atoms with Gasteiger partial charge in [0.1, 0.15) is 18.1 Å². The van der Waals surface area contributed by atoms with Gasteiger partial charge in [0.25, 0.3) is 0 Å². The SMILES string of the molecule is COC1=CC[CH]C=C1c1cc(-c2cc(C)cc(C)c2)ccc1OCCN(C)C. The summed E-state index contributed by atoms with van der Waals surface area (Å²) in [6.45, 7) is 5.80. The van der Waals surface area contributed by atoms with Gasteiger partial charge in [-0.2, -0.15) is 0 Å². The first kappa shape index (κ1) is 20.2. The van der Waals surface area contributed by atoms with Crippen molar-refractivity contribution in [3.63, 3.8) is 0 Å². The Morgan fingerprint density at radius 1 is 0.964 bits per heavy atom. The molecule has 28 heavy (non-hydrogen) atoms. The molecule has 0 spiro atoms. The Balaban J connectivity index is 2.03. The van der Waals surface area contributed by atoms with E-state index in [0.717, 1.165) is 35.6 Å². The molecule has 0 saturated heterocycles. The first-order chi connectivity index (χ1) is 13.5. The fraction of sp³-hybridized carbons (Fsp3) is 0.320. The molecule has 2 aromatic carbocycles. The Bertz CT molecular complexity index is 873. The zero-order valence-electron chi connectivity index (χ0n) is 17.6. The van der Waals surface area contributed by atoms with Crippen LogP contribution in [0, 0.1) is 20.3 Å². The molecule has 0 aliphatic heterocycles. The maximum Gasteiger partial charge on any atom is 0.127 e. The first-order valence-electron chi connectivity index (χ1n) is 9.76. The highest BCUT2D eigenvalue weighted by molar-refractivity contribution is 5.85. The van der Waals surface area contributed by atoms with Gasteiger partial charge in [-0.1, -0.05) is 41.5 Å². The van der Waals surface area contributed by atoms with E-state index < -0.39 is 0 Å². The average Bonchev–Trinajstić information content (AvgIpc) is 2.67. The molecule has 3 heteroatoms. The normalized spacial score (nSPS) is 13.9. The third kappa shape index (κ3) is 4.85. The second-order valence-corrected chi connectivity index (χ2v) is 7.56. The van der Waals surface area contributed by atoms with E-state index in [9.17, 15) is 0 Å². The lowest BCUT2D eigenvalue weighted by Crippen LogP contribution is -2.19. The molecule has 0 fully saturated rings. The summed E-state index contributed by atoms with van der Waals surface area (Å²) in [7, 11) is 5.83. The molecule has 0 saturated carbocycles. The molecule has 0 aromatic heterocycles. The molecular formula is C25H30NO2. The largest absolute Gasteiger partial charge is 0.496 e. The minimum atomic E-state index is 0.645. The number of likely N-dealkylation sites (N-methyl/N-ethyl adjacent to an activating group) is 1. The van der Waals surface area contributed by atoms with Crippen LogP contribution in [0.25, 0.3) is 16.7 Å². The van der Waals surface area contributed by atoms with Gasteiger partial charge < -0.3 is 14.4 Å². The van der Waals surface area contributed by atoms with Crippen LogP contribution in [0.5, 0.6) is 5.75 Å². The molecule has 1 radical (unpaired) electrons. The highest BCUT2D eigenvalue weighted by atomic mass is 16.5. The third-order valence-corrected chi connectivity index (χ3v) is 4.83. The van der Waals surface area contributed by atoms with E-state index >= 15 is 0 Å². The van der Waals surface area contributed by atoms with Gasteiger partial charge in [-0.05, 0) is 70.1 Å². The van der Waals surface area contributed by atoms with E-state index in [1.165, 1.54) is 22.3 Å². The molecule has 0 heterocycles. The molecule has 147 valence electrons. The van der Waals surface area contributed by atoms with Crippen molar-refractivity contribution in [3.05, 3.63) is 77.4 Å². The van der Waals surface area contributed by atoms with Gasteiger partial charge >= 0.3 is 0 Å². The zero-order valence-corrected chi connectivity index (χ0v) is 17.6. The smallest absolute Gasteiger partial charge is 0.127 e. The molecule has 1 aliphatic carbocycles. The number of hydrogen-bond acceptors (Lipinski definition) is 3. The summed E-state index contributed by atoms with van der Waals surface area (Å²) >= 11 is 0. The average molecular weight is 377 g/mol. The van der Waals surface area contributed by atoms with Crippen molar-refractivity contribution >= 4 is 5.57 Å². The quantitative estimate of drug-likeness (QED) is 0.643. The predicted molar refractivity (Wildman–Crippen MR) is 117 cm³/mol. The fourth-order valence-electron chi connectivity index (χ4n) is 3.49. The summed E-state index contributed by atoms with van der Waals surface area (Å²) in [6.07, 6.45) is 7.30. The first-order valence-corrected chi connectivity index (χ1v) is 9.76. The van der Waals surface area contributed by atoms with Gasteiger partial charge in [0.15, 0.2) is 0 Å². The second kappa shape index (κ2) is 9.11. The second-order valence-electron chi connectivity index (χ2n) is 7.56. The molecule has 2 aromatic rings. The molecule has 0 unspecified atom stereocenters. The molecule has 3 rings (SSSR count). The van der Waals surface area contributed by atoms with Crippen molar-refractivity contribution in [2.45, 2.75) is 20.3 Å². The van der Waals surface area contributed by atoms with Crippen molar-refractivity contribution in [1.82, 2.24) is 4.90 Å². The standard InChI is InChI=1S/C25H30NO2/c1-18-14-19(2)16-21(15-18)20-10-11-25(28-13-12-26(3)4)23(17-20)22-8-6-7-9-24(22)27-5/h6,8-11,14-17H,7,12-13H2,1-5H3. The Morgan fingerprint density at radius 3 is 2.39 bits per heavy atom. The zero-order chi connectivity index (χ0) is 20.1. The van der Waals surface area contributed by atoms with Crippen molar-refractivity contribution in [2.24, 2.45) is 0 Å². The molecule has 0 bridgehead atoms. The lowest BCUT2D eigenvalue weighted by Gasteiger charge is -2.20. The predicted octanol–water partition coefficient (Wildman–Crippen LogP) is 5.43. The lowest BCUT2D eigenvalue weighted by molar-refractivity contribution is 0.260. The number of allylic oxidation sites excluding steroid dienone is 3. The van der Waals surface area contributed by atoms with Crippen molar-refractivity contribution < 1.29 is 9.47 Å². The monoisotopic (exact) mass is 376 g/mol. The summed E-state index contributed by atoms with van der Waals surface area (Å²) in [5, 5.41) is 0. The van der Waals surface area contributed by atoms with Crippen molar-refractivity contribution in [1.29, 1.82) is 0 Å². The van der Waals surface area contributed by atoms with Crippen LogP contribution in [-0.2, 0) is 4.74 Å². The topological polar surface area (TPSA) is 21.7 Å². The Labute approximate surface area is 169 Å². The summed E-state index contributed by atoms with van der Waals surface area (Å²) < 4.78 is 11.8. The van der Waals surface area contributed by atoms with Crippen LogP contribution in [0.1, 0.15) is 23.1 Å². The van der Waals surface area contributed by atoms with Gasteiger partial charge in [-0.25, -0.2) is 0 Å². The Hall–Kier alpha value is -2.52. The fourth-order valence-corrected chi connectivity index (χ4v) is 3.49. The van der Waals surface area contributed by atoms with Gasteiger partial charge in [0.05, 0.1) is 7.11 Å². The Kier molecular flexibility index (Phi) is 6.58. The van der Waals surface area contributed by atoms with E-state index in [1.54, 1.807) is 7.11 Å². The summed E-state index contributed by atoms with van der Waals surface area (Å²) in [5.74, 6) is 1.79. The van der Waals surface area contributed by atoms with E-state index in [2.05, 4.69) is 87.8 Å². The Morgan fingerprint density at radius 2 is 1.71 bits per heavy atom. The molecular weight excluding hydrogens is 346 g/mol. The number of hydrogen-bond donors (Lipinski definition) is 0. The number of nitrogens with zero attached hydrogens (tertiary/aromatic N) is 1.